The molecule has 0 spiro atoms. The number of benzene rings is 1. The summed E-state index contributed by atoms with van der Waals surface area (Å²) in [6.07, 6.45) is 3.29. The predicted molar refractivity (Wildman–Crippen MR) is 83.0 cm³/mol. The number of hydrogen-bond acceptors (Lipinski definition) is 4. The van der Waals surface area contributed by atoms with E-state index in [1.165, 1.54) is 0 Å². The van der Waals surface area contributed by atoms with Gasteiger partial charge in [0.25, 0.3) is 5.91 Å². The molecule has 1 aliphatic heterocycles. The molecule has 0 radical (unpaired) electrons. The highest BCUT2D eigenvalue weighted by Gasteiger charge is 2.16. The van der Waals surface area contributed by atoms with Crippen LogP contribution in [0.4, 0.5) is 5.69 Å². The maximum atomic E-state index is 12.1. The summed E-state index contributed by atoms with van der Waals surface area (Å²) >= 11 is 0. The second-order valence-electron chi connectivity index (χ2n) is 5.41. The van der Waals surface area contributed by atoms with Crippen LogP contribution in [-0.4, -0.2) is 39.7 Å². The van der Waals surface area contributed by atoms with Crippen molar-refractivity contribution >= 4 is 21.6 Å². The lowest BCUT2D eigenvalue weighted by atomic mass is 10.1. The number of aryl methyl sites for hydroxylation is 1. The fourth-order valence-corrected chi connectivity index (χ4v) is 2.94. The normalized spacial score (nSPS) is 18.5. The Morgan fingerprint density at radius 3 is 2.81 bits per heavy atom. The molecule has 6 nitrogen and oxygen atoms in total. The monoisotopic (exact) mass is 311 g/mol. The first-order valence-corrected chi connectivity index (χ1v) is 8.84. The van der Waals surface area contributed by atoms with Crippen molar-refractivity contribution in [1.82, 2.24) is 10.6 Å². The maximum Gasteiger partial charge on any atom is 0.251 e. The molecule has 1 fully saturated rings. The van der Waals surface area contributed by atoms with Gasteiger partial charge in [-0.2, -0.15) is 0 Å². The molecule has 0 aliphatic carbocycles. The minimum Gasteiger partial charge on any atom is -0.350 e. The van der Waals surface area contributed by atoms with E-state index in [-0.39, 0.29) is 5.91 Å². The van der Waals surface area contributed by atoms with Crippen LogP contribution in [0.1, 0.15) is 28.8 Å². The Bertz CT molecular complexity index is 622. The highest BCUT2D eigenvalue weighted by molar-refractivity contribution is 7.92. The lowest BCUT2D eigenvalue weighted by molar-refractivity contribution is 0.0950. The van der Waals surface area contributed by atoms with Crippen LogP contribution in [-0.2, 0) is 10.0 Å². The highest BCUT2D eigenvalue weighted by Crippen LogP contribution is 2.18. The molecule has 1 unspecified atom stereocenters. The Balaban J connectivity index is 2.04. The standard InChI is InChI=1S/C14H21N3O3S/c1-10-5-6-11(8-13(10)17-21(2,19)20)14(18)16-9-12-4-3-7-15-12/h5-6,8,12,15,17H,3-4,7,9H2,1-2H3,(H,16,18). The summed E-state index contributed by atoms with van der Waals surface area (Å²) in [5, 5.41) is 6.18. The minimum atomic E-state index is -3.36. The van der Waals surface area contributed by atoms with Crippen molar-refractivity contribution in [2.24, 2.45) is 0 Å². The van der Waals surface area contributed by atoms with E-state index in [1.807, 2.05) is 0 Å². The third kappa shape index (κ3) is 4.71. The van der Waals surface area contributed by atoms with Crippen molar-refractivity contribution in [3.63, 3.8) is 0 Å². The number of carbonyl (C=O) groups is 1. The second-order valence-corrected chi connectivity index (χ2v) is 7.16. The number of rotatable bonds is 5. The van der Waals surface area contributed by atoms with E-state index in [2.05, 4.69) is 15.4 Å². The zero-order chi connectivity index (χ0) is 15.5. The zero-order valence-corrected chi connectivity index (χ0v) is 13.1. The molecular weight excluding hydrogens is 290 g/mol. The summed E-state index contributed by atoms with van der Waals surface area (Å²) in [5.41, 5.74) is 1.66. The Kier molecular flexibility index (Phi) is 4.84. The molecule has 1 atom stereocenters. The molecule has 1 aromatic rings. The first-order valence-electron chi connectivity index (χ1n) is 6.95. The van der Waals surface area contributed by atoms with E-state index in [0.717, 1.165) is 31.2 Å². The van der Waals surface area contributed by atoms with Gasteiger partial charge in [0.1, 0.15) is 0 Å². The number of anilines is 1. The van der Waals surface area contributed by atoms with Crippen LogP contribution >= 0.6 is 0 Å². The molecule has 0 bridgehead atoms. The first-order chi connectivity index (χ1) is 9.85. The van der Waals surface area contributed by atoms with Crippen LogP contribution in [0.25, 0.3) is 0 Å². The summed E-state index contributed by atoms with van der Waals surface area (Å²) in [6, 6.07) is 5.32. The van der Waals surface area contributed by atoms with Gasteiger partial charge in [0.15, 0.2) is 0 Å². The van der Waals surface area contributed by atoms with Gasteiger partial charge < -0.3 is 10.6 Å². The van der Waals surface area contributed by atoms with Crippen LogP contribution in [0.15, 0.2) is 18.2 Å². The maximum absolute atomic E-state index is 12.1. The lowest BCUT2D eigenvalue weighted by Crippen LogP contribution is -2.37. The molecule has 0 aromatic heterocycles. The van der Waals surface area contributed by atoms with Crippen molar-refractivity contribution in [3.05, 3.63) is 29.3 Å². The average Bonchev–Trinajstić information content (AvgIpc) is 2.90. The van der Waals surface area contributed by atoms with E-state index < -0.39 is 10.0 Å². The van der Waals surface area contributed by atoms with Gasteiger partial charge in [0.2, 0.25) is 10.0 Å². The highest BCUT2D eigenvalue weighted by atomic mass is 32.2. The molecule has 21 heavy (non-hydrogen) atoms. The van der Waals surface area contributed by atoms with Crippen LogP contribution < -0.4 is 15.4 Å². The molecule has 2 rings (SSSR count). The van der Waals surface area contributed by atoms with E-state index in [9.17, 15) is 13.2 Å². The lowest BCUT2D eigenvalue weighted by Gasteiger charge is -2.13. The van der Waals surface area contributed by atoms with Gasteiger partial charge in [-0.1, -0.05) is 6.07 Å². The number of sulfonamides is 1. The molecule has 1 amide bonds. The fraction of sp³-hybridized carbons (Fsp3) is 0.500. The number of nitrogens with one attached hydrogen (secondary N) is 3. The van der Waals surface area contributed by atoms with Crippen LogP contribution in [0.5, 0.6) is 0 Å². The molecular formula is C14H21N3O3S. The molecule has 1 heterocycles. The summed E-state index contributed by atoms with van der Waals surface area (Å²) in [6.45, 7) is 3.37. The Morgan fingerprint density at radius 1 is 1.43 bits per heavy atom. The Hall–Kier alpha value is -1.60. The summed E-state index contributed by atoms with van der Waals surface area (Å²) in [5.74, 6) is -0.194. The molecule has 116 valence electrons. The van der Waals surface area contributed by atoms with E-state index in [4.69, 9.17) is 0 Å². The van der Waals surface area contributed by atoms with Crippen molar-refractivity contribution in [1.29, 1.82) is 0 Å². The topological polar surface area (TPSA) is 87.3 Å². The van der Waals surface area contributed by atoms with Crippen molar-refractivity contribution < 1.29 is 13.2 Å². The van der Waals surface area contributed by atoms with Gasteiger partial charge in [0, 0.05) is 18.2 Å². The SMILES string of the molecule is Cc1ccc(C(=O)NCC2CCCN2)cc1NS(C)(=O)=O. The summed E-state index contributed by atoms with van der Waals surface area (Å²) in [7, 11) is -3.36. The second kappa shape index (κ2) is 6.44. The van der Waals surface area contributed by atoms with Crippen molar-refractivity contribution in [2.75, 3.05) is 24.1 Å². The molecule has 1 aromatic carbocycles. The Morgan fingerprint density at radius 2 is 2.19 bits per heavy atom. The zero-order valence-electron chi connectivity index (χ0n) is 12.3. The smallest absolute Gasteiger partial charge is 0.251 e. The van der Waals surface area contributed by atoms with Gasteiger partial charge >= 0.3 is 0 Å². The van der Waals surface area contributed by atoms with Crippen molar-refractivity contribution in [3.8, 4) is 0 Å². The van der Waals surface area contributed by atoms with E-state index in [1.54, 1.807) is 25.1 Å². The van der Waals surface area contributed by atoms with Crippen molar-refractivity contribution in [2.45, 2.75) is 25.8 Å². The first kappa shape index (κ1) is 15.8. The third-order valence-corrected chi connectivity index (χ3v) is 4.06. The van der Waals surface area contributed by atoms with Gasteiger partial charge in [-0.25, -0.2) is 8.42 Å². The largest absolute Gasteiger partial charge is 0.350 e. The minimum absolute atomic E-state index is 0.194. The van der Waals surface area contributed by atoms with Crippen LogP contribution in [0.3, 0.4) is 0 Å². The molecule has 7 heteroatoms. The van der Waals surface area contributed by atoms with Gasteiger partial charge in [-0.05, 0) is 44.0 Å². The van der Waals surface area contributed by atoms with Crippen LogP contribution in [0, 0.1) is 6.92 Å². The van der Waals surface area contributed by atoms with E-state index in [0.29, 0.717) is 23.8 Å². The Labute approximate surface area is 125 Å². The number of carbonyl (C=O) groups excluding carboxylic acids is 1. The molecule has 3 N–H and O–H groups in total. The quantitative estimate of drug-likeness (QED) is 0.752. The van der Waals surface area contributed by atoms with Gasteiger partial charge in [0.05, 0.1) is 11.9 Å². The van der Waals surface area contributed by atoms with Gasteiger partial charge in [-0.15, -0.1) is 0 Å². The van der Waals surface area contributed by atoms with Crippen LogP contribution in [0.2, 0.25) is 0 Å². The third-order valence-electron chi connectivity index (χ3n) is 3.47. The molecule has 0 saturated carbocycles. The average molecular weight is 311 g/mol. The van der Waals surface area contributed by atoms with Gasteiger partial charge in [-0.3, -0.25) is 9.52 Å². The molecule has 1 aliphatic rings. The molecule has 1 saturated heterocycles. The number of amides is 1. The fourth-order valence-electron chi connectivity index (χ4n) is 2.32. The summed E-state index contributed by atoms with van der Waals surface area (Å²) < 4.78 is 25.0. The number of hydrogen-bond donors (Lipinski definition) is 3. The summed E-state index contributed by atoms with van der Waals surface area (Å²) in [4.78, 5) is 12.1. The van der Waals surface area contributed by atoms with E-state index >= 15 is 0 Å². The predicted octanol–water partition coefficient (Wildman–Crippen LogP) is 0.848.